The Morgan fingerprint density at radius 3 is 2.94 bits per heavy atom. The molecule has 1 fully saturated rings. The van der Waals surface area contributed by atoms with Gasteiger partial charge < -0.3 is 0 Å². The van der Waals surface area contributed by atoms with Crippen LogP contribution in [0.1, 0.15) is 44.6 Å². The molecule has 1 aromatic rings. The zero-order valence-corrected chi connectivity index (χ0v) is 10.4. The molecule has 2 rings (SSSR count). The van der Waals surface area contributed by atoms with Crippen LogP contribution in [0.15, 0.2) is 24.5 Å². The van der Waals surface area contributed by atoms with Crippen molar-refractivity contribution in [2.24, 2.45) is 0 Å². The molecule has 2 heterocycles. The van der Waals surface area contributed by atoms with E-state index < -0.39 is 0 Å². The molecule has 1 aliphatic heterocycles. The molecule has 0 N–H and O–H groups in total. The fourth-order valence-corrected chi connectivity index (χ4v) is 2.95. The van der Waals surface area contributed by atoms with E-state index in [-0.39, 0.29) is 5.54 Å². The van der Waals surface area contributed by atoms with Gasteiger partial charge in [-0.1, -0.05) is 25.8 Å². The summed E-state index contributed by atoms with van der Waals surface area (Å²) in [5.41, 5.74) is 1.67. The van der Waals surface area contributed by atoms with E-state index >= 15 is 0 Å². The fourth-order valence-electron chi connectivity index (χ4n) is 2.95. The van der Waals surface area contributed by atoms with Gasteiger partial charge in [-0.2, -0.15) is 0 Å². The molecule has 1 saturated heterocycles. The van der Waals surface area contributed by atoms with Crippen LogP contribution in [0.5, 0.6) is 0 Å². The maximum absolute atomic E-state index is 4.29. The van der Waals surface area contributed by atoms with Crippen LogP contribution in [0, 0.1) is 0 Å². The first-order valence-corrected chi connectivity index (χ1v) is 6.41. The molecule has 0 spiro atoms. The van der Waals surface area contributed by atoms with E-state index in [0.29, 0.717) is 0 Å². The summed E-state index contributed by atoms with van der Waals surface area (Å²) in [6.45, 7) is 3.49. The van der Waals surface area contributed by atoms with Gasteiger partial charge in [0.15, 0.2) is 0 Å². The van der Waals surface area contributed by atoms with Gasteiger partial charge in [-0.25, -0.2) is 0 Å². The minimum Gasteiger partial charge on any atom is -0.297 e. The molecule has 1 atom stereocenters. The van der Waals surface area contributed by atoms with Crippen LogP contribution in [0.4, 0.5) is 0 Å². The molecule has 1 unspecified atom stereocenters. The first-order chi connectivity index (χ1) is 7.79. The number of pyridine rings is 1. The third-order valence-electron chi connectivity index (χ3n) is 3.96. The summed E-state index contributed by atoms with van der Waals surface area (Å²) >= 11 is 0. The van der Waals surface area contributed by atoms with E-state index in [4.69, 9.17) is 0 Å². The van der Waals surface area contributed by atoms with Crippen molar-refractivity contribution >= 4 is 0 Å². The highest BCUT2D eigenvalue weighted by atomic mass is 15.2. The molecule has 0 saturated carbocycles. The average molecular weight is 218 g/mol. The molecule has 1 aromatic heterocycles. The predicted molar refractivity (Wildman–Crippen MR) is 67.3 cm³/mol. The lowest BCUT2D eigenvalue weighted by molar-refractivity contribution is 0.156. The quantitative estimate of drug-likeness (QED) is 0.771. The smallest absolute Gasteiger partial charge is 0.0473 e. The summed E-state index contributed by atoms with van der Waals surface area (Å²) in [5.74, 6) is 0. The Morgan fingerprint density at radius 2 is 2.38 bits per heavy atom. The molecular formula is C14H22N2. The molecule has 16 heavy (non-hydrogen) atoms. The van der Waals surface area contributed by atoms with Gasteiger partial charge >= 0.3 is 0 Å². The zero-order valence-electron chi connectivity index (χ0n) is 10.4. The van der Waals surface area contributed by atoms with Crippen LogP contribution in [-0.2, 0) is 5.54 Å². The van der Waals surface area contributed by atoms with Crippen molar-refractivity contribution in [3.8, 4) is 0 Å². The molecule has 1 aliphatic rings. The van der Waals surface area contributed by atoms with Crippen molar-refractivity contribution in [1.29, 1.82) is 0 Å². The lowest BCUT2D eigenvalue weighted by atomic mass is 9.83. The Balaban J connectivity index is 2.27. The summed E-state index contributed by atoms with van der Waals surface area (Å²) in [7, 11) is 2.26. The van der Waals surface area contributed by atoms with Crippen molar-refractivity contribution in [3.63, 3.8) is 0 Å². The Morgan fingerprint density at radius 1 is 1.50 bits per heavy atom. The predicted octanol–water partition coefficient (Wildman–Crippen LogP) is 3.19. The number of unbranched alkanes of at least 4 members (excludes halogenated alkanes) is 1. The summed E-state index contributed by atoms with van der Waals surface area (Å²) in [5, 5.41) is 0. The topological polar surface area (TPSA) is 16.1 Å². The summed E-state index contributed by atoms with van der Waals surface area (Å²) < 4.78 is 0. The van der Waals surface area contributed by atoms with Crippen LogP contribution in [-0.4, -0.2) is 23.5 Å². The number of rotatable bonds is 4. The average Bonchev–Trinajstić information content (AvgIpc) is 2.70. The summed E-state index contributed by atoms with van der Waals surface area (Å²) in [4.78, 5) is 6.82. The second kappa shape index (κ2) is 4.96. The van der Waals surface area contributed by atoms with Crippen LogP contribution < -0.4 is 0 Å². The highest BCUT2D eigenvalue weighted by molar-refractivity contribution is 5.22. The Bertz CT molecular complexity index is 323. The molecular weight excluding hydrogens is 196 g/mol. The van der Waals surface area contributed by atoms with Crippen LogP contribution in [0.25, 0.3) is 0 Å². The monoisotopic (exact) mass is 218 g/mol. The SMILES string of the molecule is CCCCC1(c2cccnc2)CCCN1C. The Hall–Kier alpha value is -0.890. The lowest BCUT2D eigenvalue weighted by Crippen LogP contribution is -2.38. The lowest BCUT2D eigenvalue weighted by Gasteiger charge is -2.36. The number of aromatic nitrogens is 1. The normalized spacial score (nSPS) is 26.1. The van der Waals surface area contributed by atoms with E-state index in [1.165, 1.54) is 44.2 Å². The van der Waals surface area contributed by atoms with E-state index in [9.17, 15) is 0 Å². The maximum atomic E-state index is 4.29. The third kappa shape index (κ3) is 1.99. The molecule has 0 bridgehead atoms. The highest BCUT2D eigenvalue weighted by Gasteiger charge is 2.39. The maximum Gasteiger partial charge on any atom is 0.0473 e. The molecule has 0 radical (unpaired) electrons. The number of likely N-dealkylation sites (tertiary alicyclic amines) is 1. The molecule has 0 aliphatic carbocycles. The first-order valence-electron chi connectivity index (χ1n) is 6.41. The minimum atomic E-state index is 0.268. The van der Waals surface area contributed by atoms with Gasteiger partial charge in [-0.15, -0.1) is 0 Å². The van der Waals surface area contributed by atoms with E-state index in [2.05, 4.69) is 42.2 Å². The van der Waals surface area contributed by atoms with Gasteiger partial charge in [0.25, 0.3) is 0 Å². The first kappa shape index (κ1) is 11.6. The molecule has 0 aromatic carbocycles. The van der Waals surface area contributed by atoms with Crippen molar-refractivity contribution in [2.45, 2.75) is 44.6 Å². The van der Waals surface area contributed by atoms with E-state index in [1.807, 2.05) is 6.20 Å². The minimum absolute atomic E-state index is 0.268. The highest BCUT2D eigenvalue weighted by Crippen LogP contribution is 2.41. The summed E-state index contributed by atoms with van der Waals surface area (Å²) in [6.07, 6.45) is 10.4. The van der Waals surface area contributed by atoms with Crippen LogP contribution in [0.3, 0.4) is 0 Å². The van der Waals surface area contributed by atoms with Crippen molar-refractivity contribution in [1.82, 2.24) is 9.88 Å². The van der Waals surface area contributed by atoms with Gasteiger partial charge in [0.2, 0.25) is 0 Å². The van der Waals surface area contributed by atoms with Crippen molar-refractivity contribution < 1.29 is 0 Å². The van der Waals surface area contributed by atoms with Crippen molar-refractivity contribution in [2.75, 3.05) is 13.6 Å². The van der Waals surface area contributed by atoms with E-state index in [1.54, 1.807) is 0 Å². The Kier molecular flexibility index (Phi) is 3.59. The van der Waals surface area contributed by atoms with Gasteiger partial charge in [-0.05, 0) is 44.5 Å². The van der Waals surface area contributed by atoms with Gasteiger partial charge in [0.05, 0.1) is 0 Å². The second-order valence-electron chi connectivity index (χ2n) is 4.90. The number of nitrogens with zero attached hydrogens (tertiary/aromatic N) is 2. The van der Waals surface area contributed by atoms with Crippen LogP contribution in [0.2, 0.25) is 0 Å². The van der Waals surface area contributed by atoms with Gasteiger partial charge in [0, 0.05) is 17.9 Å². The van der Waals surface area contributed by atoms with Crippen LogP contribution >= 0.6 is 0 Å². The number of hydrogen-bond acceptors (Lipinski definition) is 2. The molecule has 2 nitrogen and oxygen atoms in total. The Labute approximate surface area is 98.7 Å². The molecule has 88 valence electrons. The fraction of sp³-hybridized carbons (Fsp3) is 0.643. The summed E-state index contributed by atoms with van der Waals surface area (Å²) in [6, 6.07) is 4.31. The third-order valence-corrected chi connectivity index (χ3v) is 3.96. The zero-order chi connectivity index (χ0) is 11.4. The number of hydrogen-bond donors (Lipinski definition) is 0. The molecule has 2 heteroatoms. The van der Waals surface area contributed by atoms with Crippen molar-refractivity contribution in [3.05, 3.63) is 30.1 Å². The van der Waals surface area contributed by atoms with Gasteiger partial charge in [-0.3, -0.25) is 9.88 Å². The largest absolute Gasteiger partial charge is 0.297 e. The molecule has 0 amide bonds. The standard InChI is InChI=1S/C14H22N2/c1-3-4-8-14(9-6-11-16(14)2)13-7-5-10-15-12-13/h5,7,10,12H,3-4,6,8-9,11H2,1-2H3. The van der Waals surface area contributed by atoms with E-state index in [0.717, 1.165) is 0 Å². The van der Waals surface area contributed by atoms with Gasteiger partial charge in [0.1, 0.15) is 0 Å². The second-order valence-corrected chi connectivity index (χ2v) is 4.90.